The summed E-state index contributed by atoms with van der Waals surface area (Å²) in [4.78, 5) is 0. The minimum Gasteiger partial charge on any atom is -0.309 e. The fraction of sp³-hybridized carbons (Fsp3) is 0.526. The van der Waals surface area contributed by atoms with Crippen LogP contribution in [-0.4, -0.2) is 28.8 Å². The van der Waals surface area contributed by atoms with E-state index in [4.69, 9.17) is 0 Å². The summed E-state index contributed by atoms with van der Waals surface area (Å²) in [6, 6.07) is 11.0. The van der Waals surface area contributed by atoms with E-state index >= 15 is 0 Å². The Morgan fingerprint density at radius 3 is 2.46 bits per heavy atom. The lowest BCUT2D eigenvalue weighted by molar-refractivity contribution is 0.0917. The highest BCUT2D eigenvalue weighted by Gasteiger charge is 2.20. The molecule has 0 unspecified atom stereocenters. The van der Waals surface area contributed by atoms with Gasteiger partial charge in [-0.2, -0.15) is 5.10 Å². The molecule has 0 saturated heterocycles. The minimum absolute atomic E-state index is 0.237. The molecule has 0 bridgehead atoms. The van der Waals surface area contributed by atoms with Crippen molar-refractivity contribution in [1.29, 1.82) is 0 Å². The number of halogens is 2. The number of aryl methyl sites for hydroxylation is 3. The fourth-order valence-corrected chi connectivity index (χ4v) is 2.86. The number of hydrogen-bond acceptors (Lipinski definition) is 2. The van der Waals surface area contributed by atoms with E-state index in [2.05, 4.69) is 17.3 Å². The lowest BCUT2D eigenvalue weighted by Gasteiger charge is -2.21. The molecule has 0 amide bonds. The number of benzene rings is 1. The monoisotopic (exact) mass is 335 g/mol. The third-order valence-corrected chi connectivity index (χ3v) is 4.21. The van der Waals surface area contributed by atoms with Crippen LogP contribution in [0, 0.1) is 19.8 Å². The quantitative estimate of drug-likeness (QED) is 0.751. The van der Waals surface area contributed by atoms with Crippen LogP contribution in [0.2, 0.25) is 0 Å². The first-order chi connectivity index (χ1) is 11.5. The molecule has 24 heavy (non-hydrogen) atoms. The molecule has 3 nitrogen and oxygen atoms in total. The zero-order chi connectivity index (χ0) is 17.5. The van der Waals surface area contributed by atoms with Crippen molar-refractivity contribution in [2.24, 2.45) is 5.92 Å². The molecule has 1 heterocycles. The predicted octanol–water partition coefficient (Wildman–Crippen LogP) is 3.99. The highest BCUT2D eigenvalue weighted by molar-refractivity contribution is 5.14. The third kappa shape index (κ3) is 5.71. The molecule has 0 radical (unpaired) electrons. The molecule has 2 aromatic rings. The smallest absolute Gasteiger partial charge is 0.253 e. The predicted molar refractivity (Wildman–Crippen MR) is 93.4 cm³/mol. The van der Waals surface area contributed by atoms with Gasteiger partial charge in [0.2, 0.25) is 0 Å². The summed E-state index contributed by atoms with van der Waals surface area (Å²) < 4.78 is 28.5. The van der Waals surface area contributed by atoms with Gasteiger partial charge >= 0.3 is 0 Å². The van der Waals surface area contributed by atoms with E-state index in [0.29, 0.717) is 19.4 Å². The number of aromatic nitrogens is 2. The normalized spacial score (nSPS) is 14.1. The highest BCUT2D eigenvalue weighted by Crippen LogP contribution is 2.12. The Labute approximate surface area is 143 Å². The zero-order valence-corrected chi connectivity index (χ0v) is 14.7. The van der Waals surface area contributed by atoms with Gasteiger partial charge in [0.15, 0.2) is 0 Å². The van der Waals surface area contributed by atoms with Crippen molar-refractivity contribution in [3.05, 3.63) is 53.3 Å². The SMILES string of the molecule is Cc1cc(C)n(C[C@H](C)CN[C@@H](CCc2ccccc2)C(F)F)n1. The summed E-state index contributed by atoms with van der Waals surface area (Å²) in [7, 11) is 0. The standard InChI is InChI=1S/C19H27F2N3/c1-14(13-24-16(3)11-15(2)23-24)12-22-18(19(20)21)10-9-17-7-5-4-6-8-17/h4-8,11,14,18-19,22H,9-10,12-13H2,1-3H3/t14-,18+/m1/s1. The van der Waals surface area contributed by atoms with E-state index in [1.165, 1.54) is 0 Å². The van der Waals surface area contributed by atoms with Crippen LogP contribution in [0.25, 0.3) is 0 Å². The zero-order valence-electron chi connectivity index (χ0n) is 14.7. The second kappa shape index (κ2) is 8.92. The number of nitrogens with one attached hydrogen (secondary N) is 1. The third-order valence-electron chi connectivity index (χ3n) is 4.21. The Morgan fingerprint density at radius 2 is 1.88 bits per heavy atom. The van der Waals surface area contributed by atoms with Crippen LogP contribution in [0.1, 0.15) is 30.3 Å². The van der Waals surface area contributed by atoms with E-state index in [-0.39, 0.29) is 5.92 Å². The van der Waals surface area contributed by atoms with Crippen LogP contribution < -0.4 is 5.32 Å². The summed E-state index contributed by atoms with van der Waals surface area (Å²) in [5, 5.41) is 7.47. The van der Waals surface area contributed by atoms with Crippen molar-refractivity contribution in [3.8, 4) is 0 Å². The van der Waals surface area contributed by atoms with Gasteiger partial charge in [-0.25, -0.2) is 8.78 Å². The molecule has 0 spiro atoms. The van der Waals surface area contributed by atoms with E-state index in [0.717, 1.165) is 23.5 Å². The molecule has 0 saturated carbocycles. The number of hydrogen-bond donors (Lipinski definition) is 1. The second-order valence-electron chi connectivity index (χ2n) is 6.59. The number of rotatable bonds is 9. The topological polar surface area (TPSA) is 29.9 Å². The van der Waals surface area contributed by atoms with Crippen LogP contribution in [0.5, 0.6) is 0 Å². The van der Waals surface area contributed by atoms with Crippen LogP contribution in [-0.2, 0) is 13.0 Å². The summed E-state index contributed by atoms with van der Waals surface area (Å²) in [5.41, 5.74) is 3.19. The van der Waals surface area contributed by atoms with Crippen LogP contribution in [0.4, 0.5) is 8.78 Å². The Kier molecular flexibility index (Phi) is 6.91. The maximum absolute atomic E-state index is 13.3. The van der Waals surface area contributed by atoms with Crippen molar-refractivity contribution >= 4 is 0 Å². The van der Waals surface area contributed by atoms with Gasteiger partial charge in [0.25, 0.3) is 6.43 Å². The molecule has 0 fully saturated rings. The fourth-order valence-electron chi connectivity index (χ4n) is 2.86. The molecule has 1 aromatic carbocycles. The molecule has 1 N–H and O–H groups in total. The molecular weight excluding hydrogens is 308 g/mol. The largest absolute Gasteiger partial charge is 0.309 e. The van der Waals surface area contributed by atoms with Crippen molar-refractivity contribution in [2.45, 2.75) is 52.6 Å². The Morgan fingerprint density at radius 1 is 1.17 bits per heavy atom. The maximum Gasteiger partial charge on any atom is 0.253 e. The second-order valence-corrected chi connectivity index (χ2v) is 6.59. The highest BCUT2D eigenvalue weighted by atomic mass is 19.3. The summed E-state index contributed by atoms with van der Waals surface area (Å²) in [6.07, 6.45) is -1.25. The molecule has 132 valence electrons. The minimum atomic E-state index is -2.35. The van der Waals surface area contributed by atoms with E-state index in [1.807, 2.05) is 54.9 Å². The number of nitrogens with zero attached hydrogens (tertiary/aromatic N) is 2. The van der Waals surface area contributed by atoms with Gasteiger partial charge < -0.3 is 5.32 Å². The molecule has 0 aliphatic rings. The lowest BCUT2D eigenvalue weighted by atomic mass is 10.0. The summed E-state index contributed by atoms with van der Waals surface area (Å²) in [5.74, 6) is 0.237. The molecule has 0 aliphatic heterocycles. The molecule has 2 atom stereocenters. The van der Waals surface area contributed by atoms with Gasteiger partial charge in [-0.3, -0.25) is 4.68 Å². The van der Waals surface area contributed by atoms with Crippen molar-refractivity contribution < 1.29 is 8.78 Å². The van der Waals surface area contributed by atoms with Crippen molar-refractivity contribution in [2.75, 3.05) is 6.54 Å². The molecular formula is C19H27F2N3. The van der Waals surface area contributed by atoms with Crippen LogP contribution >= 0.6 is 0 Å². The maximum atomic E-state index is 13.3. The van der Waals surface area contributed by atoms with Gasteiger partial charge in [0.1, 0.15) is 0 Å². The Balaban J connectivity index is 1.81. The van der Waals surface area contributed by atoms with Crippen LogP contribution in [0.3, 0.4) is 0 Å². The van der Waals surface area contributed by atoms with Gasteiger partial charge in [-0.1, -0.05) is 37.3 Å². The first-order valence-electron chi connectivity index (χ1n) is 8.52. The van der Waals surface area contributed by atoms with Gasteiger partial charge in [-0.15, -0.1) is 0 Å². The van der Waals surface area contributed by atoms with Gasteiger partial charge in [-0.05, 0) is 50.8 Å². The summed E-state index contributed by atoms with van der Waals surface area (Å²) in [6.45, 7) is 7.33. The summed E-state index contributed by atoms with van der Waals surface area (Å²) >= 11 is 0. The van der Waals surface area contributed by atoms with Gasteiger partial charge in [0, 0.05) is 12.2 Å². The average Bonchev–Trinajstić information content (AvgIpc) is 2.85. The average molecular weight is 335 g/mol. The first kappa shape index (κ1) is 18.6. The van der Waals surface area contributed by atoms with E-state index in [1.54, 1.807) is 0 Å². The Hall–Kier alpha value is -1.75. The van der Waals surface area contributed by atoms with E-state index in [9.17, 15) is 8.78 Å². The van der Waals surface area contributed by atoms with Gasteiger partial charge in [0.05, 0.1) is 11.7 Å². The molecule has 5 heteroatoms. The van der Waals surface area contributed by atoms with Crippen molar-refractivity contribution in [3.63, 3.8) is 0 Å². The lowest BCUT2D eigenvalue weighted by Crippen LogP contribution is -2.39. The van der Waals surface area contributed by atoms with Crippen molar-refractivity contribution in [1.82, 2.24) is 15.1 Å². The Bertz CT molecular complexity index is 610. The molecule has 1 aromatic heterocycles. The van der Waals surface area contributed by atoms with E-state index < -0.39 is 12.5 Å². The molecule has 0 aliphatic carbocycles. The number of alkyl halides is 2. The first-order valence-corrected chi connectivity index (χ1v) is 8.52. The van der Waals surface area contributed by atoms with Crippen LogP contribution in [0.15, 0.2) is 36.4 Å². The molecule has 2 rings (SSSR count).